The minimum atomic E-state index is -0.0477. The maximum atomic E-state index is 12.3. The van der Waals surface area contributed by atoms with Crippen LogP contribution in [0.1, 0.15) is 41.4 Å². The van der Waals surface area contributed by atoms with Gasteiger partial charge in [-0.2, -0.15) is 0 Å². The van der Waals surface area contributed by atoms with Gasteiger partial charge in [-0.25, -0.2) is 4.98 Å². The fraction of sp³-hybridized carbons (Fsp3) is 0.467. The predicted molar refractivity (Wildman–Crippen MR) is 83.0 cm³/mol. The lowest BCUT2D eigenvalue weighted by Crippen LogP contribution is -2.26. The second-order valence-corrected chi connectivity index (χ2v) is 6.52. The van der Waals surface area contributed by atoms with E-state index in [1.54, 1.807) is 6.20 Å². The first-order chi connectivity index (χ1) is 9.61. The van der Waals surface area contributed by atoms with Gasteiger partial charge in [-0.15, -0.1) is 11.3 Å². The van der Waals surface area contributed by atoms with Gasteiger partial charge in [0.25, 0.3) is 5.91 Å². The summed E-state index contributed by atoms with van der Waals surface area (Å²) in [6.07, 6.45) is 5.22. The molecule has 4 nitrogen and oxygen atoms in total. The molecule has 2 atom stereocenters. The van der Waals surface area contributed by atoms with E-state index in [0.29, 0.717) is 22.5 Å². The van der Waals surface area contributed by atoms with Gasteiger partial charge in [-0.1, -0.05) is 13.3 Å². The van der Waals surface area contributed by atoms with Crippen LogP contribution in [-0.2, 0) is 0 Å². The van der Waals surface area contributed by atoms with Crippen LogP contribution in [0.5, 0.6) is 0 Å². The maximum absolute atomic E-state index is 12.3. The van der Waals surface area contributed by atoms with Crippen molar-refractivity contribution in [2.45, 2.75) is 39.2 Å². The van der Waals surface area contributed by atoms with E-state index in [1.165, 1.54) is 24.2 Å². The number of anilines is 1. The van der Waals surface area contributed by atoms with Crippen molar-refractivity contribution in [1.29, 1.82) is 0 Å². The Morgan fingerprint density at radius 1 is 1.60 bits per heavy atom. The number of nitrogens with two attached hydrogens (primary N) is 1. The highest BCUT2D eigenvalue weighted by molar-refractivity contribution is 7.21. The van der Waals surface area contributed by atoms with E-state index in [9.17, 15) is 4.79 Å². The van der Waals surface area contributed by atoms with Gasteiger partial charge in [0.1, 0.15) is 9.71 Å². The number of carbonyl (C=O) groups excluding carboxylic acids is 1. The summed E-state index contributed by atoms with van der Waals surface area (Å²) in [6.45, 7) is 4.17. The van der Waals surface area contributed by atoms with Crippen LogP contribution in [0, 0.1) is 12.8 Å². The minimum absolute atomic E-state index is 0.0477. The monoisotopic (exact) mass is 289 g/mol. The van der Waals surface area contributed by atoms with Crippen LogP contribution in [0.15, 0.2) is 12.3 Å². The molecule has 0 spiro atoms. The number of hydrogen-bond acceptors (Lipinski definition) is 4. The predicted octanol–water partition coefficient (Wildman–Crippen LogP) is 3.11. The van der Waals surface area contributed by atoms with E-state index < -0.39 is 0 Å². The van der Waals surface area contributed by atoms with Crippen LogP contribution >= 0.6 is 11.3 Å². The largest absolute Gasteiger partial charge is 0.397 e. The Bertz CT molecular complexity index is 664. The molecule has 3 N–H and O–H groups in total. The van der Waals surface area contributed by atoms with Gasteiger partial charge >= 0.3 is 0 Å². The van der Waals surface area contributed by atoms with Crippen LogP contribution in [0.25, 0.3) is 10.2 Å². The molecule has 1 aliphatic carbocycles. The highest BCUT2D eigenvalue weighted by Gasteiger charge is 2.37. The van der Waals surface area contributed by atoms with E-state index >= 15 is 0 Å². The summed E-state index contributed by atoms with van der Waals surface area (Å²) in [7, 11) is 0. The van der Waals surface area contributed by atoms with Crippen LogP contribution in [-0.4, -0.2) is 16.9 Å². The Labute approximate surface area is 122 Å². The number of rotatable bonds is 4. The standard InChI is InChI=1S/C15H19N3OS/c1-3-4-9-7-10(9)18-14(19)13-12(16)11-8(2)5-6-17-15(11)20-13/h5-6,9-10H,3-4,7,16H2,1-2H3,(H,18,19). The highest BCUT2D eigenvalue weighted by Crippen LogP contribution is 2.37. The number of nitrogens with one attached hydrogen (secondary N) is 1. The summed E-state index contributed by atoms with van der Waals surface area (Å²) < 4.78 is 0. The lowest BCUT2D eigenvalue weighted by atomic mass is 10.1. The third-order valence-corrected chi connectivity index (χ3v) is 5.05. The van der Waals surface area contributed by atoms with Crippen LogP contribution in [0.4, 0.5) is 5.69 Å². The smallest absolute Gasteiger partial charge is 0.263 e. The van der Waals surface area contributed by atoms with E-state index in [-0.39, 0.29) is 5.91 Å². The summed E-state index contributed by atoms with van der Waals surface area (Å²) >= 11 is 1.38. The molecule has 5 heteroatoms. The molecule has 1 fully saturated rings. The lowest BCUT2D eigenvalue weighted by Gasteiger charge is -2.03. The zero-order chi connectivity index (χ0) is 14.3. The van der Waals surface area contributed by atoms with Crippen molar-refractivity contribution in [3.8, 4) is 0 Å². The molecule has 3 rings (SSSR count). The normalized spacial score (nSPS) is 21.1. The molecule has 20 heavy (non-hydrogen) atoms. The SMILES string of the molecule is CCCC1CC1NC(=O)c1sc2nccc(C)c2c1N. The summed E-state index contributed by atoms with van der Waals surface area (Å²) in [5, 5.41) is 4.01. The van der Waals surface area contributed by atoms with E-state index in [1.807, 2.05) is 13.0 Å². The Morgan fingerprint density at radius 3 is 3.10 bits per heavy atom. The molecule has 2 aromatic rings. The van der Waals surface area contributed by atoms with Crippen molar-refractivity contribution in [2.24, 2.45) is 5.92 Å². The van der Waals surface area contributed by atoms with Gasteiger partial charge in [0, 0.05) is 17.6 Å². The number of aromatic nitrogens is 1. The number of nitrogens with zero attached hydrogens (tertiary/aromatic N) is 1. The van der Waals surface area contributed by atoms with Crippen molar-refractivity contribution in [3.63, 3.8) is 0 Å². The molecule has 2 unspecified atom stereocenters. The molecule has 106 valence electrons. The average Bonchev–Trinajstić information content (AvgIpc) is 3.03. The van der Waals surface area contributed by atoms with Gasteiger partial charge in [0.15, 0.2) is 0 Å². The van der Waals surface area contributed by atoms with Gasteiger partial charge in [-0.3, -0.25) is 4.79 Å². The summed E-state index contributed by atoms with van der Waals surface area (Å²) in [5.41, 5.74) is 7.78. The van der Waals surface area contributed by atoms with Crippen LogP contribution < -0.4 is 11.1 Å². The van der Waals surface area contributed by atoms with Gasteiger partial charge in [0.2, 0.25) is 0 Å². The summed E-state index contributed by atoms with van der Waals surface area (Å²) in [5.74, 6) is 0.605. The average molecular weight is 289 g/mol. The first-order valence-electron chi connectivity index (χ1n) is 7.06. The quantitative estimate of drug-likeness (QED) is 0.908. The molecule has 0 radical (unpaired) electrons. The molecule has 0 saturated heterocycles. The fourth-order valence-corrected chi connectivity index (χ4v) is 3.76. The van der Waals surface area contributed by atoms with E-state index in [2.05, 4.69) is 17.2 Å². The number of nitrogen functional groups attached to an aromatic ring is 1. The number of carbonyl (C=O) groups is 1. The van der Waals surface area contributed by atoms with Crippen molar-refractivity contribution >= 4 is 33.1 Å². The van der Waals surface area contributed by atoms with Crippen molar-refractivity contribution < 1.29 is 4.79 Å². The number of fused-ring (bicyclic) bond motifs is 1. The maximum Gasteiger partial charge on any atom is 0.263 e. The third-order valence-electron chi connectivity index (χ3n) is 3.94. The molecule has 1 amide bonds. The summed E-state index contributed by atoms with van der Waals surface area (Å²) in [6, 6.07) is 2.26. The molecule has 2 heterocycles. The van der Waals surface area contributed by atoms with Crippen molar-refractivity contribution in [2.75, 3.05) is 5.73 Å². The molecule has 0 aromatic carbocycles. The fourth-order valence-electron chi connectivity index (χ4n) is 2.72. The van der Waals surface area contributed by atoms with Gasteiger partial charge in [0.05, 0.1) is 5.69 Å². The van der Waals surface area contributed by atoms with Gasteiger partial charge in [-0.05, 0) is 37.3 Å². The third kappa shape index (κ3) is 2.26. The number of pyridine rings is 1. The molecule has 0 bridgehead atoms. The van der Waals surface area contributed by atoms with Crippen LogP contribution in [0.3, 0.4) is 0 Å². The Morgan fingerprint density at radius 2 is 2.40 bits per heavy atom. The lowest BCUT2D eigenvalue weighted by molar-refractivity contribution is 0.0954. The number of thiophene rings is 1. The van der Waals surface area contributed by atoms with Crippen LogP contribution in [0.2, 0.25) is 0 Å². The first kappa shape index (κ1) is 13.4. The topological polar surface area (TPSA) is 68.0 Å². The summed E-state index contributed by atoms with van der Waals surface area (Å²) in [4.78, 5) is 18.1. The zero-order valence-corrected chi connectivity index (χ0v) is 12.6. The van der Waals surface area contributed by atoms with Crippen molar-refractivity contribution in [3.05, 3.63) is 22.7 Å². The molecule has 1 aliphatic rings. The number of amides is 1. The molecule has 0 aliphatic heterocycles. The minimum Gasteiger partial charge on any atom is -0.397 e. The number of hydrogen-bond donors (Lipinski definition) is 2. The molecular weight excluding hydrogens is 270 g/mol. The second kappa shape index (κ2) is 5.05. The zero-order valence-electron chi connectivity index (χ0n) is 11.8. The Kier molecular flexibility index (Phi) is 3.38. The van der Waals surface area contributed by atoms with Gasteiger partial charge < -0.3 is 11.1 Å². The number of aryl methyl sites for hydroxylation is 1. The van der Waals surface area contributed by atoms with E-state index in [0.717, 1.165) is 22.2 Å². The molecule has 2 aromatic heterocycles. The molecular formula is C15H19N3OS. The second-order valence-electron chi connectivity index (χ2n) is 5.52. The van der Waals surface area contributed by atoms with E-state index in [4.69, 9.17) is 5.73 Å². The molecule has 1 saturated carbocycles. The van der Waals surface area contributed by atoms with Crippen molar-refractivity contribution in [1.82, 2.24) is 10.3 Å². The Balaban J connectivity index is 1.82. The highest BCUT2D eigenvalue weighted by atomic mass is 32.1. The Hall–Kier alpha value is -1.62. The first-order valence-corrected chi connectivity index (χ1v) is 7.88.